The number of anilines is 1. The summed E-state index contributed by atoms with van der Waals surface area (Å²) < 4.78 is 31.5. The minimum atomic E-state index is -3.05. The fourth-order valence-corrected chi connectivity index (χ4v) is 6.55. The number of aliphatic hydroxyl groups excluding tert-OH is 1. The molecule has 3 unspecified atom stereocenters. The number of hydrogen-bond acceptors (Lipinski definition) is 11. The summed E-state index contributed by atoms with van der Waals surface area (Å²) in [6.45, 7) is 4.78. The Morgan fingerprint density at radius 3 is 2.57 bits per heavy atom. The quantitative estimate of drug-likeness (QED) is 0.583. The topological polar surface area (TPSA) is 136 Å². The molecule has 4 rings (SSSR count). The van der Waals surface area contributed by atoms with E-state index >= 15 is 0 Å². The molecule has 166 valence electrons. The Bertz CT molecular complexity index is 963. The molecule has 0 radical (unpaired) electrons. The molecule has 0 saturated carbocycles. The Kier molecular flexibility index (Phi) is 5.88. The van der Waals surface area contributed by atoms with Crippen molar-refractivity contribution in [2.45, 2.75) is 63.9 Å². The van der Waals surface area contributed by atoms with E-state index in [0.717, 1.165) is 0 Å². The predicted molar refractivity (Wildman–Crippen MR) is 111 cm³/mol. The number of aliphatic hydroxyl groups is 1. The molecule has 11 nitrogen and oxygen atoms in total. The highest BCUT2D eigenvalue weighted by Gasteiger charge is 2.60. The van der Waals surface area contributed by atoms with Gasteiger partial charge in [-0.2, -0.15) is 0 Å². The first-order valence-electron chi connectivity index (χ1n) is 9.71. The zero-order valence-electron chi connectivity index (χ0n) is 17.2. The van der Waals surface area contributed by atoms with Crippen molar-refractivity contribution >= 4 is 35.3 Å². The number of ether oxygens (including phenoxy) is 3. The van der Waals surface area contributed by atoms with E-state index in [1.54, 1.807) is 38.6 Å². The van der Waals surface area contributed by atoms with Crippen molar-refractivity contribution in [2.24, 2.45) is 0 Å². The van der Waals surface area contributed by atoms with Crippen LogP contribution < -0.4 is 5.73 Å². The third kappa shape index (κ3) is 3.65. The van der Waals surface area contributed by atoms with Gasteiger partial charge in [-0.3, -0.25) is 4.57 Å². The first kappa shape index (κ1) is 22.0. The molecule has 2 aromatic heterocycles. The van der Waals surface area contributed by atoms with Crippen LogP contribution in [0.4, 0.5) is 5.82 Å². The Hall–Kier alpha value is -1.24. The lowest BCUT2D eigenvalue weighted by Gasteiger charge is -2.32. The van der Waals surface area contributed by atoms with Crippen LogP contribution in [0.25, 0.3) is 11.2 Å². The molecule has 0 aliphatic carbocycles. The van der Waals surface area contributed by atoms with E-state index in [-0.39, 0.29) is 5.82 Å². The van der Waals surface area contributed by atoms with Gasteiger partial charge in [0.1, 0.15) is 30.2 Å². The van der Waals surface area contributed by atoms with Gasteiger partial charge >= 0.3 is 0 Å². The predicted octanol–water partition coefficient (Wildman–Crippen LogP) is 1.53. The molecular weight excluding hydrogens is 433 g/mol. The average molecular weight is 459 g/mol. The lowest BCUT2D eigenvalue weighted by molar-refractivity contribution is -0.202. The van der Waals surface area contributed by atoms with E-state index in [0.29, 0.717) is 24.4 Å². The van der Waals surface area contributed by atoms with Crippen LogP contribution in [-0.4, -0.2) is 67.8 Å². The fourth-order valence-electron chi connectivity index (χ4n) is 3.86. The van der Waals surface area contributed by atoms with Crippen LogP contribution in [0.5, 0.6) is 0 Å². The molecule has 2 aromatic rings. The van der Waals surface area contributed by atoms with Gasteiger partial charge in [-0.15, -0.1) is 0 Å². The van der Waals surface area contributed by atoms with Crippen molar-refractivity contribution in [1.82, 2.24) is 19.5 Å². The fraction of sp³-hybridized carbons (Fsp3) is 0.706. The molecule has 2 aliphatic heterocycles. The summed E-state index contributed by atoms with van der Waals surface area (Å²) in [5, 5.41) is 11.2. The van der Waals surface area contributed by atoms with E-state index in [1.165, 1.54) is 6.33 Å². The molecule has 0 bridgehead atoms. The number of rotatable bonds is 7. The number of nitrogens with two attached hydrogens (primary N) is 1. The minimum absolute atomic E-state index is 0.261. The second-order valence-electron chi connectivity index (χ2n) is 7.43. The Morgan fingerprint density at radius 2 is 1.90 bits per heavy atom. The van der Waals surface area contributed by atoms with Crippen molar-refractivity contribution in [2.75, 3.05) is 18.9 Å². The molecule has 30 heavy (non-hydrogen) atoms. The van der Waals surface area contributed by atoms with E-state index in [1.807, 2.05) is 0 Å². The molecule has 3 N–H and O–H groups in total. The first-order valence-corrected chi connectivity index (χ1v) is 12.4. The van der Waals surface area contributed by atoms with E-state index < -0.39 is 42.7 Å². The second-order valence-corrected chi connectivity index (χ2v) is 11.1. The zero-order valence-corrected chi connectivity index (χ0v) is 18.9. The molecule has 0 spiro atoms. The first-order chi connectivity index (χ1) is 14.2. The number of nitrogens with zero attached hydrogens (tertiary/aromatic N) is 4. The maximum atomic E-state index is 11.2. The lowest BCUT2D eigenvalue weighted by atomic mass is 10.1. The molecule has 2 fully saturated rings. The minimum Gasteiger partial charge on any atom is -0.382 e. The SMILES string of the molecule is CCOP(=S)(OCC)C(O)[C@H]1O[C@@H](n2cnc3c(N)ncnc32)C2OC(C)(C)OC21. The van der Waals surface area contributed by atoms with Gasteiger partial charge < -0.3 is 34.1 Å². The smallest absolute Gasteiger partial charge is 0.220 e. The summed E-state index contributed by atoms with van der Waals surface area (Å²) in [6.07, 6.45) is 0.265. The van der Waals surface area contributed by atoms with Gasteiger partial charge in [0.25, 0.3) is 0 Å². The molecule has 2 aliphatic rings. The molecule has 2 saturated heterocycles. The number of aromatic nitrogens is 4. The summed E-state index contributed by atoms with van der Waals surface area (Å²) in [5.41, 5.74) is 6.85. The molecule has 13 heteroatoms. The number of imidazole rings is 1. The summed E-state index contributed by atoms with van der Waals surface area (Å²) in [4.78, 5) is 12.5. The van der Waals surface area contributed by atoms with Crippen molar-refractivity contribution in [3.63, 3.8) is 0 Å². The summed E-state index contributed by atoms with van der Waals surface area (Å²) in [6, 6.07) is 0. The second kappa shape index (κ2) is 8.03. The van der Waals surface area contributed by atoms with Gasteiger partial charge in [0, 0.05) is 0 Å². The monoisotopic (exact) mass is 459 g/mol. The maximum absolute atomic E-state index is 11.2. The van der Waals surface area contributed by atoms with Gasteiger partial charge in [0.2, 0.25) is 6.49 Å². The average Bonchev–Trinajstić information content (AvgIpc) is 3.33. The number of nitrogen functional groups attached to an aromatic ring is 1. The molecule has 4 heterocycles. The lowest BCUT2D eigenvalue weighted by Crippen LogP contribution is -2.39. The summed E-state index contributed by atoms with van der Waals surface area (Å²) in [7, 11) is 0. The van der Waals surface area contributed by atoms with Gasteiger partial charge in [0.15, 0.2) is 29.3 Å². The highest BCUT2D eigenvalue weighted by atomic mass is 32.5. The molecular formula is C17H26N5O6PS. The van der Waals surface area contributed by atoms with Gasteiger partial charge in [-0.1, -0.05) is 0 Å². The van der Waals surface area contributed by atoms with Crippen LogP contribution in [0, 0.1) is 0 Å². The standard InChI is InChI=1S/C17H26N5O6PS/c1-5-24-29(30,25-6-2)16(23)12-10-11(28-17(3,4)27-10)15(26-12)22-8-21-9-13(18)19-7-20-14(9)22/h7-8,10-12,15-16,23H,5-6H2,1-4H3,(H2,18,19,20)/t10?,11?,12-,15+,16?/m0/s1. The van der Waals surface area contributed by atoms with Crippen LogP contribution >= 0.6 is 6.49 Å². The van der Waals surface area contributed by atoms with Gasteiger partial charge in [-0.25, -0.2) is 15.0 Å². The van der Waals surface area contributed by atoms with Crippen LogP contribution in [0.2, 0.25) is 0 Å². The van der Waals surface area contributed by atoms with Crippen molar-refractivity contribution in [3.05, 3.63) is 12.7 Å². The van der Waals surface area contributed by atoms with Crippen LogP contribution in [0.1, 0.15) is 33.9 Å². The normalized spacial score (nSPS) is 29.4. The third-order valence-electron chi connectivity index (χ3n) is 4.96. The van der Waals surface area contributed by atoms with E-state index in [9.17, 15) is 5.11 Å². The van der Waals surface area contributed by atoms with Gasteiger partial charge in [-0.05, 0) is 39.5 Å². The van der Waals surface area contributed by atoms with Crippen LogP contribution in [-0.2, 0) is 35.1 Å². The van der Waals surface area contributed by atoms with E-state index in [4.69, 9.17) is 40.8 Å². The van der Waals surface area contributed by atoms with Gasteiger partial charge in [0.05, 0.1) is 19.5 Å². The van der Waals surface area contributed by atoms with Crippen molar-refractivity contribution in [3.8, 4) is 0 Å². The largest absolute Gasteiger partial charge is 0.382 e. The Morgan fingerprint density at radius 1 is 1.23 bits per heavy atom. The van der Waals surface area contributed by atoms with Crippen molar-refractivity contribution < 1.29 is 28.4 Å². The third-order valence-corrected chi connectivity index (χ3v) is 8.42. The zero-order chi connectivity index (χ0) is 21.7. The highest BCUT2D eigenvalue weighted by molar-refractivity contribution is 8.10. The van der Waals surface area contributed by atoms with Crippen LogP contribution in [0.15, 0.2) is 12.7 Å². The molecule has 5 atom stereocenters. The van der Waals surface area contributed by atoms with Crippen LogP contribution in [0.3, 0.4) is 0 Å². The van der Waals surface area contributed by atoms with E-state index in [2.05, 4.69) is 15.0 Å². The number of fused-ring (bicyclic) bond motifs is 2. The highest BCUT2D eigenvalue weighted by Crippen LogP contribution is 2.57. The Balaban J connectivity index is 1.72. The molecule has 0 aromatic carbocycles. The summed E-state index contributed by atoms with van der Waals surface area (Å²) >= 11 is 5.59. The Labute approximate surface area is 179 Å². The molecule has 0 amide bonds. The summed E-state index contributed by atoms with van der Waals surface area (Å²) in [5.74, 6) is -1.83. The maximum Gasteiger partial charge on any atom is 0.220 e. The van der Waals surface area contributed by atoms with Crippen molar-refractivity contribution in [1.29, 1.82) is 0 Å². The number of hydrogen-bond donors (Lipinski definition) is 2.